The number of hydrogen-bond donors (Lipinski definition) is 6. The molecule has 1 aromatic carbocycles. The lowest BCUT2D eigenvalue weighted by atomic mass is 9.96. The Morgan fingerprint density at radius 2 is 1.61 bits per heavy atom. The Bertz CT molecular complexity index is 1270. The van der Waals surface area contributed by atoms with Crippen molar-refractivity contribution in [2.24, 2.45) is 5.92 Å². The van der Waals surface area contributed by atoms with E-state index in [2.05, 4.69) is 61.3 Å². The van der Waals surface area contributed by atoms with Crippen LogP contribution in [-0.4, -0.2) is 76.5 Å². The number of aromatic nitrogens is 2. The summed E-state index contributed by atoms with van der Waals surface area (Å²) in [6, 6.07) is 8.46. The minimum absolute atomic E-state index is 0.0170. The zero-order valence-corrected chi connectivity index (χ0v) is 27.7. The first-order valence-electron chi connectivity index (χ1n) is 17.1. The fourth-order valence-electron chi connectivity index (χ4n) is 6.75. The second-order valence-corrected chi connectivity index (χ2v) is 13.5. The molecular formula is C34H50N8O3S. The van der Waals surface area contributed by atoms with Gasteiger partial charge in [0, 0.05) is 50.5 Å². The number of fused-ring (bicyclic) bond motifs is 1. The zero-order valence-electron chi connectivity index (χ0n) is 26.8. The summed E-state index contributed by atoms with van der Waals surface area (Å²) in [7, 11) is 0. The number of nitrogens with zero attached hydrogens (tertiary/aromatic N) is 3. The first-order valence-corrected chi connectivity index (χ1v) is 17.6. The maximum atomic E-state index is 13.1. The molecule has 2 heterocycles. The summed E-state index contributed by atoms with van der Waals surface area (Å²) >= 11 is 4.62. The minimum Gasteiger partial charge on any atom is -0.356 e. The molecule has 2 aliphatic carbocycles. The number of anilines is 1. The molecule has 3 aliphatic rings. The first-order chi connectivity index (χ1) is 22.4. The maximum absolute atomic E-state index is 13.1. The van der Waals surface area contributed by atoms with Gasteiger partial charge in [-0.1, -0.05) is 49.9 Å². The van der Waals surface area contributed by atoms with Crippen LogP contribution in [0.1, 0.15) is 92.2 Å². The van der Waals surface area contributed by atoms with Gasteiger partial charge in [-0.25, -0.2) is 14.8 Å². The van der Waals surface area contributed by atoms with E-state index < -0.39 is 0 Å². The van der Waals surface area contributed by atoms with E-state index in [1.54, 1.807) is 4.90 Å². The fourth-order valence-corrected chi connectivity index (χ4v) is 7.09. The minimum atomic E-state index is -0.346. The van der Waals surface area contributed by atoms with E-state index in [1.165, 1.54) is 55.6 Å². The molecule has 1 atom stereocenters. The van der Waals surface area contributed by atoms with Gasteiger partial charge in [0.1, 0.15) is 5.50 Å². The molecule has 2 fully saturated rings. The highest BCUT2D eigenvalue weighted by Crippen LogP contribution is 2.23. The molecule has 46 heavy (non-hydrogen) atoms. The van der Waals surface area contributed by atoms with Crippen LogP contribution in [0.15, 0.2) is 36.7 Å². The average molecular weight is 651 g/mol. The van der Waals surface area contributed by atoms with E-state index in [-0.39, 0.29) is 40.9 Å². The van der Waals surface area contributed by atoms with Gasteiger partial charge in [-0.3, -0.25) is 25.5 Å². The van der Waals surface area contributed by atoms with Crippen molar-refractivity contribution in [1.29, 1.82) is 0 Å². The Morgan fingerprint density at radius 1 is 0.891 bits per heavy atom. The summed E-state index contributed by atoms with van der Waals surface area (Å²) in [6.45, 7) is 2.67. The number of amides is 4. The predicted octanol–water partition coefficient (Wildman–Crippen LogP) is 4.02. The van der Waals surface area contributed by atoms with Crippen LogP contribution in [0.3, 0.4) is 0 Å². The lowest BCUT2D eigenvalue weighted by Crippen LogP contribution is -2.44. The van der Waals surface area contributed by atoms with Crippen LogP contribution in [0, 0.1) is 5.92 Å². The number of urea groups is 1. The normalized spacial score (nSPS) is 18.2. The van der Waals surface area contributed by atoms with Gasteiger partial charge in [0.25, 0.3) is 5.91 Å². The van der Waals surface area contributed by atoms with Crippen molar-refractivity contribution >= 4 is 36.3 Å². The fraction of sp³-hybridized carbons (Fsp3) is 0.618. The summed E-state index contributed by atoms with van der Waals surface area (Å²) < 4.78 is 0. The van der Waals surface area contributed by atoms with Gasteiger partial charge in [0.2, 0.25) is 5.91 Å². The number of likely N-dealkylation sites (tertiary alicyclic amines) is 1. The number of benzene rings is 1. The predicted molar refractivity (Wildman–Crippen MR) is 183 cm³/mol. The van der Waals surface area contributed by atoms with Crippen molar-refractivity contribution in [3.05, 3.63) is 53.5 Å². The van der Waals surface area contributed by atoms with Crippen LogP contribution in [-0.2, 0) is 17.6 Å². The van der Waals surface area contributed by atoms with Gasteiger partial charge in [-0.2, -0.15) is 0 Å². The molecular weight excluding hydrogens is 600 g/mol. The van der Waals surface area contributed by atoms with Crippen LogP contribution in [0.2, 0.25) is 0 Å². The van der Waals surface area contributed by atoms with Crippen molar-refractivity contribution < 1.29 is 14.4 Å². The zero-order chi connectivity index (χ0) is 32.1. The van der Waals surface area contributed by atoms with E-state index in [4.69, 9.17) is 0 Å². The second-order valence-electron chi connectivity index (χ2n) is 12.9. The monoisotopic (exact) mass is 650 g/mol. The number of nitrogens with one attached hydrogen (secondary N) is 5. The van der Waals surface area contributed by atoms with E-state index in [1.807, 2.05) is 12.1 Å². The molecule has 0 spiro atoms. The second kappa shape index (κ2) is 17.6. The average Bonchev–Trinajstić information content (AvgIpc) is 3.48. The van der Waals surface area contributed by atoms with Crippen LogP contribution in [0.25, 0.3) is 0 Å². The Morgan fingerprint density at radius 3 is 2.35 bits per heavy atom. The molecule has 1 saturated carbocycles. The van der Waals surface area contributed by atoms with Gasteiger partial charge in [-0.15, -0.1) is 12.6 Å². The largest absolute Gasteiger partial charge is 0.356 e. The number of hydrogen-bond acceptors (Lipinski definition) is 8. The number of unbranched alkanes of at least 4 members (excludes halogenated alkanes) is 2. The van der Waals surface area contributed by atoms with Crippen LogP contribution < -0.4 is 26.6 Å². The Labute approximate surface area is 278 Å². The van der Waals surface area contributed by atoms with E-state index in [9.17, 15) is 14.4 Å². The van der Waals surface area contributed by atoms with Crippen LogP contribution in [0.5, 0.6) is 0 Å². The third kappa shape index (κ3) is 10.4. The van der Waals surface area contributed by atoms with Crippen molar-refractivity contribution in [2.45, 2.75) is 101 Å². The topological polar surface area (TPSA) is 140 Å². The molecule has 12 heteroatoms. The molecule has 1 aromatic heterocycles. The molecule has 5 rings (SSSR count). The van der Waals surface area contributed by atoms with Gasteiger partial charge in [-0.05, 0) is 75.0 Å². The number of carbonyl (C=O) groups excluding carboxylic acids is 3. The Balaban J connectivity index is 0.935. The summed E-state index contributed by atoms with van der Waals surface area (Å²) in [5.41, 5.74) is 2.62. The third-order valence-corrected chi connectivity index (χ3v) is 9.76. The number of thiol groups is 1. The molecule has 5 N–H and O–H groups in total. The maximum Gasteiger partial charge on any atom is 0.323 e. The number of piperidine rings is 1. The highest BCUT2D eigenvalue weighted by molar-refractivity contribution is 7.80. The lowest BCUT2D eigenvalue weighted by molar-refractivity contribution is -0.121. The number of carbonyl (C=O) groups is 3. The number of rotatable bonds is 14. The molecule has 1 aliphatic heterocycles. The van der Waals surface area contributed by atoms with Crippen LogP contribution >= 0.6 is 12.6 Å². The molecule has 250 valence electrons. The van der Waals surface area contributed by atoms with E-state index >= 15 is 0 Å². The van der Waals surface area contributed by atoms with Crippen LogP contribution in [0.4, 0.5) is 10.6 Å². The highest BCUT2D eigenvalue weighted by Gasteiger charge is 2.27. The van der Waals surface area contributed by atoms with Crippen molar-refractivity contribution in [3.8, 4) is 0 Å². The van der Waals surface area contributed by atoms with Gasteiger partial charge >= 0.3 is 6.03 Å². The molecule has 1 saturated heterocycles. The summed E-state index contributed by atoms with van der Waals surface area (Å²) in [4.78, 5) is 48.7. The van der Waals surface area contributed by atoms with Gasteiger partial charge < -0.3 is 15.5 Å². The molecule has 2 aromatic rings. The standard InChI is InChI=1S/C34H50N8O3S/c43-29(13-5-2-8-16-37-33(46)40-27-11-3-1-4-12-27)38-23-24-14-19-42(20-15-24)34(45)41-31-30(35-17-18-36-31)32(44)39-28-21-25-9-6-7-10-26(25)22-28/h6-7,9-10,17-18,24,27-28,33,37,40,46H,1-5,8,11-16,19-23H2,(H,38,43)(H,39,44)(H,36,41,45). The molecule has 1 unspecified atom stereocenters. The van der Waals surface area contributed by atoms with Gasteiger partial charge in [0.05, 0.1) is 0 Å². The highest BCUT2D eigenvalue weighted by atomic mass is 32.1. The van der Waals surface area contributed by atoms with Crippen molar-refractivity contribution in [3.63, 3.8) is 0 Å². The quantitative estimate of drug-likeness (QED) is 0.103. The van der Waals surface area contributed by atoms with E-state index in [0.29, 0.717) is 38.0 Å². The summed E-state index contributed by atoms with van der Waals surface area (Å²) in [6.07, 6.45) is 15.9. The van der Waals surface area contributed by atoms with E-state index in [0.717, 1.165) is 51.5 Å². The molecule has 0 bridgehead atoms. The smallest absolute Gasteiger partial charge is 0.323 e. The SMILES string of the molecule is O=C(CCCCCNC(S)NC1CCCCC1)NCC1CCN(C(=O)Nc2nccnc2C(=O)NC2Cc3ccccc3C2)CC1. The third-order valence-electron chi connectivity index (χ3n) is 9.43. The molecule has 11 nitrogen and oxygen atoms in total. The lowest BCUT2D eigenvalue weighted by Gasteiger charge is -2.32. The molecule has 0 radical (unpaired) electrons. The Kier molecular flexibility index (Phi) is 13.1. The van der Waals surface area contributed by atoms with Gasteiger partial charge in [0.15, 0.2) is 11.5 Å². The van der Waals surface area contributed by atoms with Crippen molar-refractivity contribution in [1.82, 2.24) is 36.1 Å². The summed E-state index contributed by atoms with van der Waals surface area (Å²) in [5.74, 6) is 0.233. The summed E-state index contributed by atoms with van der Waals surface area (Å²) in [5, 5.41) is 15.9. The first kappa shape index (κ1) is 34.1. The molecule has 4 amide bonds. The Hall–Kier alpha value is -3.22. The van der Waals surface area contributed by atoms with Crippen molar-refractivity contribution in [2.75, 3.05) is 31.5 Å².